The molecule has 0 amide bonds. The summed E-state index contributed by atoms with van der Waals surface area (Å²) < 4.78 is 4.43. The first-order valence-corrected chi connectivity index (χ1v) is 6.11. The van der Waals surface area contributed by atoms with E-state index in [1.54, 1.807) is 0 Å². The quantitative estimate of drug-likeness (QED) is 0.463. The zero-order valence-electron chi connectivity index (χ0n) is 5.23. The Labute approximate surface area is 56.3 Å². The first-order chi connectivity index (χ1) is 3.81. The third-order valence-electron chi connectivity index (χ3n) is 0.807. The maximum absolute atomic E-state index is 10.4. The molecule has 0 saturated heterocycles. The number of carbonyl (C=O) groups excluding carboxylic acids is 1. The molecular weight excluding hydrogens is 167 g/mol. The number of rotatable bonds is 3. The van der Waals surface area contributed by atoms with Crippen LogP contribution in [-0.2, 0) is 9.53 Å². The molecule has 0 aromatic carbocycles. The Morgan fingerprint density at radius 3 is 2.75 bits per heavy atom. The molecule has 2 nitrogen and oxygen atoms in total. The SMILES string of the molecule is COC(=O)CC[AsH]C. The Morgan fingerprint density at radius 2 is 2.38 bits per heavy atom. The molecule has 0 N–H and O–H groups in total. The average Bonchev–Trinajstić information content (AvgIpc) is 1.83. The van der Waals surface area contributed by atoms with E-state index in [0.29, 0.717) is 6.42 Å². The molecule has 0 aliphatic carbocycles. The summed E-state index contributed by atoms with van der Waals surface area (Å²) >= 11 is 0.160. The van der Waals surface area contributed by atoms with E-state index < -0.39 is 0 Å². The van der Waals surface area contributed by atoms with Gasteiger partial charge in [0.1, 0.15) is 0 Å². The second-order valence-electron chi connectivity index (χ2n) is 1.43. The summed E-state index contributed by atoms with van der Waals surface area (Å²) in [5, 5.41) is 1.06. The Hall–Kier alpha value is 0.0284. The average molecular weight is 178 g/mol. The van der Waals surface area contributed by atoms with E-state index in [1.165, 1.54) is 7.11 Å². The Morgan fingerprint density at radius 1 is 1.75 bits per heavy atom. The van der Waals surface area contributed by atoms with Crippen LogP contribution in [0.15, 0.2) is 0 Å². The van der Waals surface area contributed by atoms with E-state index in [1.807, 2.05) is 0 Å². The van der Waals surface area contributed by atoms with Crippen LogP contribution in [-0.4, -0.2) is 28.8 Å². The van der Waals surface area contributed by atoms with Gasteiger partial charge < -0.3 is 0 Å². The van der Waals surface area contributed by atoms with Crippen molar-refractivity contribution < 1.29 is 9.53 Å². The molecule has 0 heterocycles. The first kappa shape index (κ1) is 8.03. The van der Waals surface area contributed by atoms with E-state index in [0.717, 1.165) is 5.21 Å². The molecule has 48 valence electrons. The van der Waals surface area contributed by atoms with E-state index >= 15 is 0 Å². The van der Waals surface area contributed by atoms with Crippen molar-refractivity contribution in [2.75, 3.05) is 7.11 Å². The Bertz CT molecular complexity index is 72.8. The fraction of sp³-hybridized carbons (Fsp3) is 0.800. The molecule has 3 heteroatoms. The molecule has 1 unspecified atom stereocenters. The van der Waals surface area contributed by atoms with Gasteiger partial charge in [0.25, 0.3) is 0 Å². The predicted molar refractivity (Wildman–Crippen MR) is 34.5 cm³/mol. The van der Waals surface area contributed by atoms with Crippen molar-refractivity contribution in [2.24, 2.45) is 0 Å². The summed E-state index contributed by atoms with van der Waals surface area (Å²) in [6.07, 6.45) is 0.618. The molecule has 0 rings (SSSR count). The minimum atomic E-state index is -0.0735. The molecule has 0 aliphatic heterocycles. The summed E-state index contributed by atoms with van der Waals surface area (Å²) in [7, 11) is 1.43. The second kappa shape index (κ2) is 5.17. The van der Waals surface area contributed by atoms with Gasteiger partial charge in [-0.3, -0.25) is 0 Å². The molecule has 0 aromatic heterocycles. The number of hydrogen-bond acceptors (Lipinski definition) is 2. The van der Waals surface area contributed by atoms with Gasteiger partial charge in [0.2, 0.25) is 0 Å². The van der Waals surface area contributed by atoms with Gasteiger partial charge in [0, 0.05) is 0 Å². The molecule has 1 atom stereocenters. The van der Waals surface area contributed by atoms with Crippen LogP contribution >= 0.6 is 0 Å². The van der Waals surface area contributed by atoms with Gasteiger partial charge in [0.15, 0.2) is 0 Å². The van der Waals surface area contributed by atoms with Gasteiger partial charge in [0.05, 0.1) is 0 Å². The van der Waals surface area contributed by atoms with E-state index in [4.69, 9.17) is 0 Å². The zero-order chi connectivity index (χ0) is 6.41. The van der Waals surface area contributed by atoms with Gasteiger partial charge in [-0.2, -0.15) is 0 Å². The summed E-state index contributed by atoms with van der Waals surface area (Å²) in [5.41, 5.74) is 2.17. The molecule has 0 aliphatic rings. The van der Waals surface area contributed by atoms with Crippen LogP contribution in [0.4, 0.5) is 0 Å². The van der Waals surface area contributed by atoms with Crippen LogP contribution in [0.2, 0.25) is 10.9 Å². The molecule has 0 radical (unpaired) electrons. The van der Waals surface area contributed by atoms with Crippen LogP contribution < -0.4 is 0 Å². The van der Waals surface area contributed by atoms with Crippen molar-refractivity contribution >= 4 is 21.7 Å². The van der Waals surface area contributed by atoms with Crippen LogP contribution in [0.5, 0.6) is 0 Å². The van der Waals surface area contributed by atoms with E-state index in [-0.39, 0.29) is 21.7 Å². The fourth-order valence-electron chi connectivity index (χ4n) is 0.329. The molecule has 0 spiro atoms. The van der Waals surface area contributed by atoms with Gasteiger partial charge in [-0.1, -0.05) is 0 Å². The third kappa shape index (κ3) is 4.19. The topological polar surface area (TPSA) is 26.3 Å². The second-order valence-corrected chi connectivity index (χ2v) is 3.96. The van der Waals surface area contributed by atoms with Gasteiger partial charge in [-0.25, -0.2) is 0 Å². The van der Waals surface area contributed by atoms with Crippen molar-refractivity contribution in [1.82, 2.24) is 0 Å². The van der Waals surface area contributed by atoms with Crippen LogP contribution in [0.25, 0.3) is 0 Å². The molecular formula is C5H11AsO2. The molecule has 0 saturated carbocycles. The Kier molecular flexibility index (Phi) is 5.19. The van der Waals surface area contributed by atoms with Crippen LogP contribution in [0.3, 0.4) is 0 Å². The number of ether oxygens (including phenoxy) is 1. The van der Waals surface area contributed by atoms with Crippen molar-refractivity contribution in [3.63, 3.8) is 0 Å². The number of hydrogen-bond donors (Lipinski definition) is 0. The van der Waals surface area contributed by atoms with Gasteiger partial charge >= 0.3 is 55.7 Å². The zero-order valence-corrected chi connectivity index (χ0v) is 7.33. The maximum atomic E-state index is 10.4. The third-order valence-corrected chi connectivity index (χ3v) is 2.38. The molecule has 0 fully saturated rings. The van der Waals surface area contributed by atoms with Crippen molar-refractivity contribution in [2.45, 2.75) is 17.3 Å². The summed E-state index contributed by atoms with van der Waals surface area (Å²) in [6.45, 7) is 0. The predicted octanol–water partition coefficient (Wildman–Crippen LogP) is 0.452. The standard InChI is InChI=1S/C5H11AsO2/c1-6-4-3-5(7)8-2/h6H,3-4H2,1-2H3. The van der Waals surface area contributed by atoms with Gasteiger partial charge in [-0.15, -0.1) is 0 Å². The Balaban J connectivity index is 2.99. The molecule has 8 heavy (non-hydrogen) atoms. The van der Waals surface area contributed by atoms with E-state index in [2.05, 4.69) is 10.4 Å². The fourth-order valence-corrected chi connectivity index (χ4v) is 1.28. The van der Waals surface area contributed by atoms with Crippen molar-refractivity contribution in [1.29, 1.82) is 0 Å². The number of esters is 1. The summed E-state index contributed by atoms with van der Waals surface area (Å²) in [4.78, 5) is 10.4. The molecule has 0 bridgehead atoms. The summed E-state index contributed by atoms with van der Waals surface area (Å²) in [6, 6.07) is 0. The molecule has 0 aromatic rings. The number of methoxy groups -OCH3 is 1. The monoisotopic (exact) mass is 178 g/mol. The van der Waals surface area contributed by atoms with Crippen molar-refractivity contribution in [3.05, 3.63) is 0 Å². The van der Waals surface area contributed by atoms with Crippen LogP contribution in [0.1, 0.15) is 6.42 Å². The van der Waals surface area contributed by atoms with Crippen molar-refractivity contribution in [3.8, 4) is 0 Å². The van der Waals surface area contributed by atoms with Gasteiger partial charge in [-0.05, 0) is 0 Å². The number of carbonyl (C=O) groups is 1. The first-order valence-electron chi connectivity index (χ1n) is 2.52. The van der Waals surface area contributed by atoms with Crippen LogP contribution in [0, 0.1) is 0 Å². The van der Waals surface area contributed by atoms with E-state index in [9.17, 15) is 4.79 Å². The minimum absolute atomic E-state index is 0.0735. The normalized spacial score (nSPS) is 10.2. The summed E-state index contributed by atoms with van der Waals surface area (Å²) in [5.74, 6) is -0.0735.